The lowest BCUT2D eigenvalue weighted by Crippen LogP contribution is -2.44. The number of carbonyl (C=O) groups excluding carboxylic acids is 2. The molecule has 0 fully saturated rings. The number of benzene rings is 2. The summed E-state index contributed by atoms with van der Waals surface area (Å²) in [6, 6.07) is 12.9. The maximum Gasteiger partial charge on any atom is 0.329 e. The Labute approximate surface area is 156 Å². The van der Waals surface area contributed by atoms with Crippen molar-refractivity contribution in [3.05, 3.63) is 54.1 Å². The normalized spacial score (nSPS) is 11.3. The van der Waals surface area contributed by atoms with Crippen molar-refractivity contribution < 1.29 is 29.0 Å². The summed E-state index contributed by atoms with van der Waals surface area (Å²) in [6.07, 6.45) is 0.116. The van der Waals surface area contributed by atoms with Gasteiger partial charge in [0.25, 0.3) is 5.91 Å². The van der Waals surface area contributed by atoms with Crippen LogP contribution in [0.3, 0.4) is 0 Å². The van der Waals surface area contributed by atoms with Crippen LogP contribution in [0.2, 0.25) is 0 Å². The molecule has 2 N–H and O–H groups in total. The monoisotopic (exact) mass is 371 g/mol. The number of aliphatic carboxylic acids is 1. The first-order chi connectivity index (χ1) is 13.0. The van der Waals surface area contributed by atoms with Crippen molar-refractivity contribution in [1.29, 1.82) is 0 Å². The Balaban J connectivity index is 2.33. The molecule has 1 amide bonds. The summed E-state index contributed by atoms with van der Waals surface area (Å²) < 4.78 is 10.1. The zero-order chi connectivity index (χ0) is 19.8. The predicted molar refractivity (Wildman–Crippen MR) is 98.6 cm³/mol. The summed E-state index contributed by atoms with van der Waals surface area (Å²) in [7, 11) is 1.43. The largest absolute Gasteiger partial charge is 0.496 e. The molecule has 0 radical (unpaired) electrons. The molecule has 2 rings (SSSR count). The fourth-order valence-electron chi connectivity index (χ4n) is 2.48. The van der Waals surface area contributed by atoms with Gasteiger partial charge in [-0.25, -0.2) is 4.79 Å². The van der Waals surface area contributed by atoms with E-state index in [-0.39, 0.29) is 12.0 Å². The second-order valence-corrected chi connectivity index (χ2v) is 5.65. The molecule has 2 aromatic carbocycles. The summed E-state index contributed by atoms with van der Waals surface area (Å²) in [5.41, 5.74) is 1.59. The zero-order valence-electron chi connectivity index (χ0n) is 15.1. The van der Waals surface area contributed by atoms with E-state index in [2.05, 4.69) is 5.32 Å². The number of hydrogen-bond acceptors (Lipinski definition) is 5. The Kier molecular flexibility index (Phi) is 6.93. The highest BCUT2D eigenvalue weighted by molar-refractivity contribution is 6.04. The Hall–Kier alpha value is -3.35. The van der Waals surface area contributed by atoms with E-state index in [1.165, 1.54) is 7.11 Å². The topological polar surface area (TPSA) is 102 Å². The van der Waals surface area contributed by atoms with Crippen LogP contribution >= 0.6 is 0 Å². The van der Waals surface area contributed by atoms with E-state index in [4.69, 9.17) is 9.47 Å². The van der Waals surface area contributed by atoms with Crippen LogP contribution in [-0.2, 0) is 14.3 Å². The molecule has 0 heterocycles. The van der Waals surface area contributed by atoms with Gasteiger partial charge in [-0.1, -0.05) is 49.4 Å². The zero-order valence-corrected chi connectivity index (χ0v) is 15.1. The van der Waals surface area contributed by atoms with Crippen LogP contribution in [0, 0.1) is 0 Å². The van der Waals surface area contributed by atoms with Gasteiger partial charge in [0, 0.05) is 6.42 Å². The Morgan fingerprint density at radius 3 is 2.37 bits per heavy atom. The smallest absolute Gasteiger partial charge is 0.329 e. The summed E-state index contributed by atoms with van der Waals surface area (Å²) >= 11 is 0. The van der Waals surface area contributed by atoms with E-state index >= 15 is 0 Å². The second kappa shape index (κ2) is 9.38. The molecule has 1 atom stereocenters. The van der Waals surface area contributed by atoms with Gasteiger partial charge in [-0.3, -0.25) is 9.59 Å². The van der Waals surface area contributed by atoms with Crippen molar-refractivity contribution in [1.82, 2.24) is 5.32 Å². The van der Waals surface area contributed by atoms with Gasteiger partial charge in [0.15, 0.2) is 6.04 Å². The average molecular weight is 371 g/mol. The summed E-state index contributed by atoms with van der Waals surface area (Å²) in [6.45, 7) is 1.14. The highest BCUT2D eigenvalue weighted by Gasteiger charge is 2.26. The molecule has 0 spiro atoms. The molecule has 0 bridgehead atoms. The predicted octanol–water partition coefficient (Wildman–Crippen LogP) is 2.50. The minimum absolute atomic E-state index is 0.116. The summed E-state index contributed by atoms with van der Waals surface area (Å²) in [4.78, 5) is 35.6. The van der Waals surface area contributed by atoms with E-state index in [0.717, 1.165) is 5.56 Å². The molecule has 0 saturated carbocycles. The van der Waals surface area contributed by atoms with Gasteiger partial charge in [0.2, 0.25) is 0 Å². The van der Waals surface area contributed by atoms with Gasteiger partial charge in [0.05, 0.1) is 12.7 Å². The molecule has 0 aliphatic rings. The van der Waals surface area contributed by atoms with Crippen molar-refractivity contribution in [2.45, 2.75) is 19.4 Å². The highest BCUT2D eigenvalue weighted by atomic mass is 16.5. The van der Waals surface area contributed by atoms with Crippen molar-refractivity contribution in [2.75, 3.05) is 13.7 Å². The van der Waals surface area contributed by atoms with Crippen LogP contribution in [0.15, 0.2) is 48.5 Å². The number of carboxylic acid groups (broad SMARTS) is 1. The number of hydrogen-bond donors (Lipinski definition) is 2. The third-order valence-electron chi connectivity index (χ3n) is 3.86. The lowest BCUT2D eigenvalue weighted by atomic mass is 9.98. The lowest BCUT2D eigenvalue weighted by Gasteiger charge is -2.18. The highest BCUT2D eigenvalue weighted by Crippen LogP contribution is 2.30. The Morgan fingerprint density at radius 1 is 1.07 bits per heavy atom. The number of esters is 1. The molecule has 142 valence electrons. The summed E-state index contributed by atoms with van der Waals surface area (Å²) in [5, 5.41) is 11.7. The number of amides is 1. The van der Waals surface area contributed by atoms with Crippen molar-refractivity contribution in [2.24, 2.45) is 0 Å². The van der Waals surface area contributed by atoms with E-state index in [0.29, 0.717) is 11.3 Å². The molecule has 7 nitrogen and oxygen atoms in total. The van der Waals surface area contributed by atoms with Crippen LogP contribution in [0.5, 0.6) is 5.75 Å². The number of nitrogens with one attached hydrogen (secondary N) is 1. The molecular weight excluding hydrogens is 350 g/mol. The van der Waals surface area contributed by atoms with Gasteiger partial charge < -0.3 is 19.9 Å². The van der Waals surface area contributed by atoms with E-state index in [1.807, 2.05) is 30.3 Å². The van der Waals surface area contributed by atoms with Gasteiger partial charge in [-0.2, -0.15) is 0 Å². The quantitative estimate of drug-likeness (QED) is 0.691. The Bertz CT molecular complexity index is 818. The molecule has 27 heavy (non-hydrogen) atoms. The van der Waals surface area contributed by atoms with Crippen molar-refractivity contribution in [3.63, 3.8) is 0 Å². The molecule has 7 heteroatoms. The third kappa shape index (κ3) is 5.07. The first kappa shape index (κ1) is 20.0. The molecule has 0 unspecified atom stereocenters. The van der Waals surface area contributed by atoms with Gasteiger partial charge in [-0.15, -0.1) is 0 Å². The van der Waals surface area contributed by atoms with Crippen molar-refractivity contribution in [3.8, 4) is 16.9 Å². The van der Waals surface area contributed by atoms with Crippen LogP contribution in [0.1, 0.15) is 23.7 Å². The number of rotatable bonds is 8. The van der Waals surface area contributed by atoms with Gasteiger partial charge >= 0.3 is 11.9 Å². The number of methoxy groups -OCH3 is 1. The first-order valence-corrected chi connectivity index (χ1v) is 8.39. The number of carbonyl (C=O) groups is 3. The van der Waals surface area contributed by atoms with Gasteiger partial charge in [0.1, 0.15) is 12.4 Å². The van der Waals surface area contributed by atoms with E-state index in [1.54, 1.807) is 25.1 Å². The fourth-order valence-corrected chi connectivity index (χ4v) is 2.48. The molecule has 0 saturated heterocycles. The summed E-state index contributed by atoms with van der Waals surface area (Å²) in [5.74, 6) is -2.17. The maximum atomic E-state index is 12.9. The van der Waals surface area contributed by atoms with E-state index < -0.39 is 30.5 Å². The van der Waals surface area contributed by atoms with Crippen LogP contribution in [0.25, 0.3) is 11.1 Å². The Morgan fingerprint density at radius 2 is 1.78 bits per heavy atom. The molecule has 0 aromatic heterocycles. The third-order valence-corrected chi connectivity index (χ3v) is 3.86. The maximum absolute atomic E-state index is 12.9. The molecule has 0 aliphatic carbocycles. The minimum Gasteiger partial charge on any atom is -0.496 e. The molecular formula is C20H21NO6. The fraction of sp³-hybridized carbons (Fsp3) is 0.250. The van der Waals surface area contributed by atoms with Crippen LogP contribution < -0.4 is 10.1 Å². The van der Waals surface area contributed by atoms with Crippen LogP contribution in [-0.4, -0.2) is 42.7 Å². The average Bonchev–Trinajstić information content (AvgIpc) is 2.70. The first-order valence-electron chi connectivity index (χ1n) is 8.39. The van der Waals surface area contributed by atoms with Crippen molar-refractivity contribution >= 4 is 17.8 Å². The molecule has 2 aromatic rings. The minimum atomic E-state index is -1.37. The van der Waals surface area contributed by atoms with Gasteiger partial charge in [-0.05, 0) is 17.2 Å². The van der Waals surface area contributed by atoms with Crippen LogP contribution in [0.4, 0.5) is 0 Å². The lowest BCUT2D eigenvalue weighted by molar-refractivity contribution is -0.148. The number of ether oxygens (including phenoxy) is 2. The standard InChI is InChI=1S/C20H21NO6/c1-3-17(22)27-12-15(20(24)25)21-19(23)18-14(10-7-11-16(18)26-2)13-8-5-4-6-9-13/h4-11,15H,3,12H2,1-2H3,(H,21,23)(H,24,25)/t15-/m0/s1. The number of carboxylic acids is 1. The van der Waals surface area contributed by atoms with E-state index in [9.17, 15) is 19.5 Å². The SMILES string of the molecule is CCC(=O)OC[C@H](NC(=O)c1c(OC)cccc1-c1ccccc1)C(=O)O. The second-order valence-electron chi connectivity index (χ2n) is 5.65. The molecule has 0 aliphatic heterocycles.